The van der Waals surface area contributed by atoms with Gasteiger partial charge in [-0.15, -0.1) is 0 Å². The first kappa shape index (κ1) is 22.4. The third-order valence-electron chi connectivity index (χ3n) is 5.47. The molecule has 0 saturated carbocycles. The van der Waals surface area contributed by atoms with E-state index in [-0.39, 0.29) is 17.9 Å². The van der Waals surface area contributed by atoms with Crippen molar-refractivity contribution in [2.24, 2.45) is 0 Å². The van der Waals surface area contributed by atoms with Gasteiger partial charge in [0.15, 0.2) is 0 Å². The molecule has 2 aromatic carbocycles. The summed E-state index contributed by atoms with van der Waals surface area (Å²) in [6, 6.07) is 14.2. The summed E-state index contributed by atoms with van der Waals surface area (Å²) in [5, 5.41) is 11.6. The standard InChI is InChI=1S/C25H21ClN2O5/c1-32-18-9-10-19(20(12-18)33-2)22-21(23(29)16-5-7-17(26)8-6-16)24(30)25(31)28(22)14-15-4-3-11-27-13-15/h3-13,22,29H,14H2,1-2H3/t22-/m0/s1. The molecule has 1 N–H and O–H groups in total. The molecule has 168 valence electrons. The number of nitrogens with zero attached hydrogens (tertiary/aromatic N) is 2. The first-order valence-electron chi connectivity index (χ1n) is 10.1. The Morgan fingerprint density at radius 3 is 2.48 bits per heavy atom. The second-order valence-electron chi connectivity index (χ2n) is 7.40. The molecule has 4 rings (SSSR count). The number of halogens is 1. The number of amides is 1. The van der Waals surface area contributed by atoms with Crippen molar-refractivity contribution in [3.05, 3.63) is 94.3 Å². The average molecular weight is 465 g/mol. The van der Waals surface area contributed by atoms with E-state index in [2.05, 4.69) is 4.98 Å². The Balaban J connectivity index is 1.91. The Labute approximate surface area is 195 Å². The maximum atomic E-state index is 13.2. The van der Waals surface area contributed by atoms with E-state index in [0.29, 0.717) is 27.6 Å². The number of likely N-dealkylation sites (tertiary alicyclic amines) is 1. The van der Waals surface area contributed by atoms with Crippen LogP contribution in [0.2, 0.25) is 5.02 Å². The fourth-order valence-corrected chi connectivity index (χ4v) is 3.99. The van der Waals surface area contributed by atoms with E-state index < -0.39 is 17.7 Å². The molecule has 7 nitrogen and oxygen atoms in total. The number of hydrogen-bond donors (Lipinski definition) is 1. The molecular weight excluding hydrogens is 444 g/mol. The summed E-state index contributed by atoms with van der Waals surface area (Å²) in [4.78, 5) is 31.8. The lowest BCUT2D eigenvalue weighted by Gasteiger charge is -2.26. The number of carbonyl (C=O) groups is 2. The molecule has 3 aromatic rings. The van der Waals surface area contributed by atoms with Gasteiger partial charge >= 0.3 is 0 Å². The normalized spacial score (nSPS) is 17.3. The maximum Gasteiger partial charge on any atom is 0.295 e. The van der Waals surface area contributed by atoms with Gasteiger partial charge in [-0.2, -0.15) is 0 Å². The van der Waals surface area contributed by atoms with Gasteiger partial charge in [0.2, 0.25) is 0 Å². The summed E-state index contributed by atoms with van der Waals surface area (Å²) in [6.45, 7) is 0.121. The van der Waals surface area contributed by atoms with Crippen LogP contribution in [0.15, 0.2) is 72.6 Å². The molecule has 1 saturated heterocycles. The smallest absolute Gasteiger partial charge is 0.295 e. The van der Waals surface area contributed by atoms with Gasteiger partial charge in [0.25, 0.3) is 11.7 Å². The molecule has 8 heteroatoms. The van der Waals surface area contributed by atoms with Crippen molar-refractivity contribution in [1.82, 2.24) is 9.88 Å². The third kappa shape index (κ3) is 4.27. The topological polar surface area (TPSA) is 89.0 Å². The van der Waals surface area contributed by atoms with E-state index in [0.717, 1.165) is 5.56 Å². The minimum absolute atomic E-state index is 0.0327. The molecule has 2 heterocycles. The number of ketones is 1. The molecule has 1 amide bonds. The maximum absolute atomic E-state index is 13.2. The van der Waals surface area contributed by atoms with Crippen molar-refractivity contribution in [2.45, 2.75) is 12.6 Å². The number of rotatable bonds is 6. The van der Waals surface area contributed by atoms with E-state index in [9.17, 15) is 14.7 Å². The SMILES string of the molecule is COc1ccc([C@H]2C(=C(O)c3ccc(Cl)cc3)C(=O)C(=O)N2Cc2cccnc2)c(OC)c1. The van der Waals surface area contributed by atoms with Gasteiger partial charge in [0.1, 0.15) is 17.3 Å². The van der Waals surface area contributed by atoms with Crippen molar-refractivity contribution in [3.63, 3.8) is 0 Å². The first-order valence-corrected chi connectivity index (χ1v) is 10.5. The third-order valence-corrected chi connectivity index (χ3v) is 5.72. The number of hydrogen-bond acceptors (Lipinski definition) is 6. The molecule has 0 bridgehead atoms. The van der Waals surface area contributed by atoms with Crippen LogP contribution in [-0.2, 0) is 16.1 Å². The van der Waals surface area contributed by atoms with E-state index in [4.69, 9.17) is 21.1 Å². The number of methoxy groups -OCH3 is 2. The summed E-state index contributed by atoms with van der Waals surface area (Å²) in [6.07, 6.45) is 3.25. The van der Waals surface area contributed by atoms with Crippen LogP contribution in [0.25, 0.3) is 5.76 Å². The summed E-state index contributed by atoms with van der Waals surface area (Å²) >= 11 is 5.97. The summed E-state index contributed by atoms with van der Waals surface area (Å²) < 4.78 is 10.8. The number of aliphatic hydroxyl groups excluding tert-OH is 1. The molecule has 33 heavy (non-hydrogen) atoms. The summed E-state index contributed by atoms with van der Waals surface area (Å²) in [7, 11) is 3.02. The van der Waals surface area contributed by atoms with Gasteiger partial charge in [-0.3, -0.25) is 14.6 Å². The van der Waals surface area contributed by atoms with Crippen LogP contribution in [0.3, 0.4) is 0 Å². The van der Waals surface area contributed by atoms with Crippen LogP contribution in [0.4, 0.5) is 0 Å². The number of aromatic nitrogens is 1. The van der Waals surface area contributed by atoms with Crippen LogP contribution >= 0.6 is 11.6 Å². The predicted molar refractivity (Wildman–Crippen MR) is 123 cm³/mol. The zero-order valence-corrected chi connectivity index (χ0v) is 18.7. The summed E-state index contributed by atoms with van der Waals surface area (Å²) in [5.74, 6) is -0.829. The molecule has 0 spiro atoms. The fraction of sp³-hybridized carbons (Fsp3) is 0.160. The van der Waals surface area contributed by atoms with E-state index >= 15 is 0 Å². The zero-order chi connectivity index (χ0) is 23.5. The van der Waals surface area contributed by atoms with Gasteiger partial charge in [-0.25, -0.2) is 0 Å². The van der Waals surface area contributed by atoms with Crippen molar-refractivity contribution in [3.8, 4) is 11.5 Å². The highest BCUT2D eigenvalue weighted by molar-refractivity contribution is 6.46. The van der Waals surface area contributed by atoms with E-state index in [1.165, 1.54) is 19.1 Å². The predicted octanol–water partition coefficient (Wildman–Crippen LogP) is 4.37. The fourth-order valence-electron chi connectivity index (χ4n) is 3.86. The first-order chi connectivity index (χ1) is 15.9. The highest BCUT2D eigenvalue weighted by Gasteiger charge is 2.47. The van der Waals surface area contributed by atoms with Crippen molar-refractivity contribution in [2.75, 3.05) is 14.2 Å². The zero-order valence-electron chi connectivity index (χ0n) is 18.0. The Bertz CT molecular complexity index is 1230. The van der Waals surface area contributed by atoms with Crippen LogP contribution in [0, 0.1) is 0 Å². The van der Waals surface area contributed by atoms with Gasteiger partial charge in [0, 0.05) is 41.2 Å². The molecule has 1 aliphatic heterocycles. The molecule has 0 radical (unpaired) electrons. The van der Waals surface area contributed by atoms with Gasteiger partial charge in [0.05, 0.1) is 25.8 Å². The lowest BCUT2D eigenvalue weighted by molar-refractivity contribution is -0.140. The Hall–Kier alpha value is -3.84. The quantitative estimate of drug-likeness (QED) is 0.331. The molecule has 0 aliphatic carbocycles. The number of carbonyl (C=O) groups excluding carboxylic acids is 2. The highest BCUT2D eigenvalue weighted by atomic mass is 35.5. The lowest BCUT2D eigenvalue weighted by Crippen LogP contribution is -2.29. The van der Waals surface area contributed by atoms with Crippen molar-refractivity contribution < 1.29 is 24.2 Å². The lowest BCUT2D eigenvalue weighted by atomic mass is 9.94. The van der Waals surface area contributed by atoms with E-state index in [1.54, 1.807) is 60.9 Å². The number of ether oxygens (including phenoxy) is 2. The Morgan fingerprint density at radius 2 is 1.85 bits per heavy atom. The number of benzene rings is 2. The van der Waals surface area contributed by atoms with Crippen LogP contribution in [-0.4, -0.2) is 40.9 Å². The number of pyridine rings is 1. The minimum Gasteiger partial charge on any atom is -0.507 e. The van der Waals surface area contributed by atoms with Crippen LogP contribution in [0.1, 0.15) is 22.7 Å². The van der Waals surface area contributed by atoms with Gasteiger partial charge < -0.3 is 19.5 Å². The van der Waals surface area contributed by atoms with E-state index in [1.807, 2.05) is 6.07 Å². The molecule has 0 unspecified atom stereocenters. The average Bonchev–Trinajstić information content (AvgIpc) is 3.09. The van der Waals surface area contributed by atoms with Gasteiger partial charge in [-0.05, 0) is 48.0 Å². The Kier molecular flexibility index (Phi) is 6.33. The second-order valence-corrected chi connectivity index (χ2v) is 7.84. The van der Waals surface area contributed by atoms with Crippen molar-refractivity contribution >= 4 is 29.1 Å². The molecular formula is C25H21ClN2O5. The van der Waals surface area contributed by atoms with Gasteiger partial charge in [-0.1, -0.05) is 17.7 Å². The minimum atomic E-state index is -0.887. The highest BCUT2D eigenvalue weighted by Crippen LogP contribution is 2.44. The molecule has 1 aromatic heterocycles. The van der Waals surface area contributed by atoms with Crippen molar-refractivity contribution in [1.29, 1.82) is 0 Å². The second kappa shape index (κ2) is 9.34. The Morgan fingerprint density at radius 1 is 1.09 bits per heavy atom. The number of aliphatic hydroxyl groups is 1. The molecule has 1 fully saturated rings. The largest absolute Gasteiger partial charge is 0.507 e. The molecule has 1 atom stereocenters. The number of Topliss-reactive ketones (excluding diaryl/α,β-unsaturated/α-hetero) is 1. The monoisotopic (exact) mass is 464 g/mol. The van der Waals surface area contributed by atoms with Crippen LogP contribution in [0.5, 0.6) is 11.5 Å². The summed E-state index contributed by atoms with van der Waals surface area (Å²) in [5.41, 5.74) is 1.62. The van der Waals surface area contributed by atoms with Crippen LogP contribution < -0.4 is 9.47 Å². The molecule has 1 aliphatic rings.